The van der Waals surface area contributed by atoms with Crippen molar-refractivity contribution in [3.8, 4) is 5.75 Å². The summed E-state index contributed by atoms with van der Waals surface area (Å²) in [5, 5.41) is 0. The molecule has 0 saturated carbocycles. The lowest BCUT2D eigenvalue weighted by Gasteiger charge is -2.32. The van der Waals surface area contributed by atoms with Gasteiger partial charge < -0.3 is 9.64 Å². The zero-order chi connectivity index (χ0) is 16.5. The number of methoxy groups -OCH3 is 1. The van der Waals surface area contributed by atoms with Gasteiger partial charge in [-0.2, -0.15) is 4.98 Å². The largest absolute Gasteiger partial charge is 0.494 e. The maximum Gasteiger partial charge on any atom is 0.236 e. The van der Waals surface area contributed by atoms with E-state index in [4.69, 9.17) is 9.72 Å². The number of aromatic nitrogens is 3. The fourth-order valence-corrected chi connectivity index (χ4v) is 3.53. The van der Waals surface area contributed by atoms with Gasteiger partial charge in [0.2, 0.25) is 5.78 Å². The van der Waals surface area contributed by atoms with Crippen LogP contribution in [-0.4, -0.2) is 41.2 Å². The maximum atomic E-state index is 12.5. The third kappa shape index (κ3) is 2.56. The van der Waals surface area contributed by atoms with E-state index in [-0.39, 0.29) is 6.67 Å². The van der Waals surface area contributed by atoms with E-state index in [1.54, 1.807) is 7.11 Å². The van der Waals surface area contributed by atoms with E-state index in [1.165, 1.54) is 0 Å². The van der Waals surface area contributed by atoms with Crippen LogP contribution in [0.3, 0.4) is 0 Å². The number of halogens is 1. The summed E-state index contributed by atoms with van der Waals surface area (Å²) < 4.78 is 19.9. The molecule has 0 spiro atoms. The zero-order valence-electron chi connectivity index (χ0n) is 13.8. The first-order chi connectivity index (χ1) is 11.8. The highest BCUT2D eigenvalue weighted by Gasteiger charge is 2.20. The van der Waals surface area contributed by atoms with Gasteiger partial charge in [0.05, 0.1) is 19.3 Å². The number of rotatable bonds is 4. The van der Waals surface area contributed by atoms with Crippen molar-refractivity contribution in [1.82, 2.24) is 14.4 Å². The number of imidazole rings is 1. The summed E-state index contributed by atoms with van der Waals surface area (Å²) in [7, 11) is 1.65. The van der Waals surface area contributed by atoms with Crippen molar-refractivity contribution in [2.75, 3.05) is 31.8 Å². The summed E-state index contributed by atoms with van der Waals surface area (Å²) in [5.41, 5.74) is 1.82. The number of nitrogens with zero attached hydrogens (tertiary/aromatic N) is 4. The fourth-order valence-electron chi connectivity index (χ4n) is 3.53. The molecule has 0 atom stereocenters. The second kappa shape index (κ2) is 6.26. The zero-order valence-corrected chi connectivity index (χ0v) is 13.8. The molecule has 24 heavy (non-hydrogen) atoms. The Hall–Kier alpha value is -2.37. The molecule has 1 aliphatic heterocycles. The van der Waals surface area contributed by atoms with E-state index in [2.05, 4.69) is 9.88 Å². The van der Waals surface area contributed by atoms with Crippen LogP contribution in [0.5, 0.6) is 5.75 Å². The molecule has 5 nitrogen and oxygen atoms in total. The van der Waals surface area contributed by atoms with Crippen molar-refractivity contribution in [3.05, 3.63) is 30.5 Å². The summed E-state index contributed by atoms with van der Waals surface area (Å²) >= 11 is 0. The highest BCUT2D eigenvalue weighted by molar-refractivity contribution is 5.85. The van der Waals surface area contributed by atoms with Gasteiger partial charge in [0.1, 0.15) is 17.1 Å². The third-order valence-electron chi connectivity index (χ3n) is 4.93. The molecule has 0 amide bonds. The molecule has 1 saturated heterocycles. The molecule has 0 radical (unpaired) electrons. The summed E-state index contributed by atoms with van der Waals surface area (Å²) in [4.78, 5) is 11.6. The van der Waals surface area contributed by atoms with Crippen molar-refractivity contribution in [3.63, 3.8) is 0 Å². The second-order valence-corrected chi connectivity index (χ2v) is 6.30. The predicted molar refractivity (Wildman–Crippen MR) is 92.6 cm³/mol. The molecule has 4 rings (SSSR count). The minimum atomic E-state index is -0.211. The van der Waals surface area contributed by atoms with Crippen LogP contribution in [0.15, 0.2) is 30.5 Å². The highest BCUT2D eigenvalue weighted by Crippen LogP contribution is 2.28. The van der Waals surface area contributed by atoms with Crippen molar-refractivity contribution in [2.24, 2.45) is 5.92 Å². The van der Waals surface area contributed by atoms with Gasteiger partial charge in [-0.3, -0.25) is 8.79 Å². The van der Waals surface area contributed by atoms with Crippen LogP contribution >= 0.6 is 0 Å². The number of benzene rings is 1. The van der Waals surface area contributed by atoms with E-state index in [0.717, 1.165) is 48.5 Å². The lowest BCUT2D eigenvalue weighted by molar-refractivity contribution is 0.332. The molecule has 3 aromatic rings. The van der Waals surface area contributed by atoms with Gasteiger partial charge in [0, 0.05) is 19.3 Å². The molecule has 0 N–H and O–H groups in total. The quantitative estimate of drug-likeness (QED) is 0.736. The average molecular weight is 327 g/mol. The number of hydrogen-bond acceptors (Lipinski definition) is 4. The van der Waals surface area contributed by atoms with E-state index < -0.39 is 0 Å². The minimum Gasteiger partial charge on any atom is -0.494 e. The number of hydrogen-bond donors (Lipinski definition) is 0. The van der Waals surface area contributed by atoms with Crippen LogP contribution in [0.1, 0.15) is 19.3 Å². The molecular weight excluding hydrogens is 306 g/mol. The van der Waals surface area contributed by atoms with Gasteiger partial charge in [-0.05, 0) is 43.4 Å². The number of piperidine rings is 1. The van der Waals surface area contributed by atoms with Gasteiger partial charge >= 0.3 is 0 Å². The Morgan fingerprint density at radius 1 is 1.21 bits per heavy atom. The average Bonchev–Trinajstić information content (AvgIpc) is 3.00. The van der Waals surface area contributed by atoms with Gasteiger partial charge in [-0.1, -0.05) is 6.07 Å². The second-order valence-electron chi connectivity index (χ2n) is 6.30. The van der Waals surface area contributed by atoms with Crippen LogP contribution in [0.4, 0.5) is 10.2 Å². The Balaban J connectivity index is 1.65. The molecule has 126 valence electrons. The topological polar surface area (TPSA) is 42.7 Å². The standard InChI is InChI=1S/C18H21FN4O/c1-24-15-4-2-3-14-17(15)21-18-20-16(8-12-23(14)18)22-10-6-13(5-9-19)7-11-22/h2-4,8,12-13H,5-7,9-11H2,1H3/i19-1. The molecular formula is C18H21FN4O. The van der Waals surface area contributed by atoms with Crippen molar-refractivity contribution < 1.29 is 9.13 Å². The molecule has 1 aliphatic rings. The number of fused-ring (bicyclic) bond motifs is 3. The number of anilines is 1. The number of ether oxygens (including phenoxy) is 1. The predicted octanol–water partition coefficient (Wildman–Crippen LogP) is 3.47. The Morgan fingerprint density at radius 3 is 2.79 bits per heavy atom. The van der Waals surface area contributed by atoms with Crippen LogP contribution < -0.4 is 9.64 Å². The Kier molecular flexibility index (Phi) is 3.96. The van der Waals surface area contributed by atoms with Crippen molar-refractivity contribution in [2.45, 2.75) is 19.3 Å². The molecule has 3 heterocycles. The van der Waals surface area contributed by atoms with E-state index >= 15 is 0 Å². The van der Waals surface area contributed by atoms with E-state index in [0.29, 0.717) is 18.1 Å². The van der Waals surface area contributed by atoms with Gasteiger partial charge in [0.15, 0.2) is 0 Å². The lowest BCUT2D eigenvalue weighted by Crippen LogP contribution is -2.34. The van der Waals surface area contributed by atoms with Gasteiger partial charge in [-0.15, -0.1) is 0 Å². The van der Waals surface area contributed by atoms with Crippen LogP contribution in [0.2, 0.25) is 0 Å². The maximum absolute atomic E-state index is 12.5. The van der Waals surface area contributed by atoms with Crippen LogP contribution in [0, 0.1) is 5.92 Å². The van der Waals surface area contributed by atoms with Gasteiger partial charge in [-0.25, -0.2) is 4.98 Å². The van der Waals surface area contributed by atoms with Crippen LogP contribution in [0.25, 0.3) is 16.8 Å². The Labute approximate surface area is 140 Å². The lowest BCUT2D eigenvalue weighted by atomic mass is 9.94. The van der Waals surface area contributed by atoms with Gasteiger partial charge in [0.25, 0.3) is 0 Å². The number of para-hydroxylation sites is 1. The Bertz CT molecular complexity index is 855. The Morgan fingerprint density at radius 2 is 2.04 bits per heavy atom. The third-order valence-corrected chi connectivity index (χ3v) is 4.93. The van der Waals surface area contributed by atoms with Crippen molar-refractivity contribution in [1.29, 1.82) is 0 Å². The molecule has 2 aromatic heterocycles. The SMILES string of the molecule is COc1cccc2c1nc1nc(N3CCC(CC[18F])CC3)ccn12. The first-order valence-corrected chi connectivity index (χ1v) is 8.43. The molecule has 0 aliphatic carbocycles. The summed E-state index contributed by atoms with van der Waals surface area (Å²) in [5.74, 6) is 2.88. The first kappa shape index (κ1) is 15.2. The minimum absolute atomic E-state index is 0.211. The smallest absolute Gasteiger partial charge is 0.236 e. The fraction of sp³-hybridized carbons (Fsp3) is 0.444. The highest BCUT2D eigenvalue weighted by atomic mass is 18.2. The normalized spacial score (nSPS) is 16.2. The number of alkyl halides is 1. The molecule has 1 aromatic carbocycles. The summed E-state index contributed by atoms with van der Waals surface area (Å²) in [6.45, 7) is 1.64. The molecule has 0 unspecified atom stereocenters. The van der Waals surface area contributed by atoms with Crippen molar-refractivity contribution >= 4 is 22.6 Å². The molecule has 1 fully saturated rings. The molecule has 6 heteroatoms. The van der Waals surface area contributed by atoms with E-state index in [1.807, 2.05) is 34.9 Å². The molecule has 0 bridgehead atoms. The monoisotopic (exact) mass is 327 g/mol. The summed E-state index contributed by atoms with van der Waals surface area (Å²) in [6.07, 6.45) is 4.76. The van der Waals surface area contributed by atoms with Crippen LogP contribution in [-0.2, 0) is 0 Å². The van der Waals surface area contributed by atoms with E-state index in [9.17, 15) is 4.39 Å². The first-order valence-electron chi connectivity index (χ1n) is 8.43. The summed E-state index contributed by atoms with van der Waals surface area (Å²) in [6, 6.07) is 7.91.